The third-order valence-electron chi connectivity index (χ3n) is 2.85. The van der Waals surface area contributed by atoms with Crippen molar-refractivity contribution in [1.29, 1.82) is 0 Å². The van der Waals surface area contributed by atoms with E-state index in [4.69, 9.17) is 22.1 Å². The van der Waals surface area contributed by atoms with Crippen molar-refractivity contribution in [2.45, 2.75) is 13.3 Å². The monoisotopic (exact) mass is 304 g/mol. The number of nitrogens with two attached hydrogens (primary N) is 1. The zero-order valence-electron chi connectivity index (χ0n) is 11.7. The fourth-order valence-corrected chi connectivity index (χ4v) is 1.86. The summed E-state index contributed by atoms with van der Waals surface area (Å²) in [5, 5.41) is 3.44. The van der Waals surface area contributed by atoms with E-state index in [1.165, 1.54) is 0 Å². The van der Waals surface area contributed by atoms with Crippen molar-refractivity contribution in [2.24, 2.45) is 0 Å². The second kappa shape index (κ2) is 6.99. The lowest BCUT2D eigenvalue weighted by atomic mass is 10.1. The van der Waals surface area contributed by atoms with Gasteiger partial charge in [0, 0.05) is 17.1 Å². The van der Waals surface area contributed by atoms with Gasteiger partial charge in [-0.1, -0.05) is 18.5 Å². The molecule has 0 aliphatic rings. The number of hydrogen-bond donors (Lipinski definition) is 2. The van der Waals surface area contributed by atoms with Crippen LogP contribution in [0.1, 0.15) is 23.7 Å². The number of amides is 1. The molecular formula is C16H17ClN2O2. The Bertz CT molecular complexity index is 627. The Morgan fingerprint density at radius 3 is 2.62 bits per heavy atom. The van der Waals surface area contributed by atoms with Gasteiger partial charge in [0.05, 0.1) is 5.69 Å². The van der Waals surface area contributed by atoms with Crippen LogP contribution in [-0.2, 0) is 0 Å². The number of hydrogen-bond acceptors (Lipinski definition) is 3. The molecule has 0 heterocycles. The lowest BCUT2D eigenvalue weighted by Crippen LogP contribution is -2.23. The molecule has 2 aromatic rings. The number of carbonyl (C=O) groups excluding carboxylic acids is 1. The molecule has 4 nitrogen and oxygen atoms in total. The normalized spacial score (nSPS) is 10.2. The van der Waals surface area contributed by atoms with E-state index >= 15 is 0 Å². The van der Waals surface area contributed by atoms with Crippen molar-refractivity contribution in [2.75, 3.05) is 12.3 Å². The molecule has 0 spiro atoms. The maximum Gasteiger partial charge on any atom is 0.251 e. The van der Waals surface area contributed by atoms with Crippen LogP contribution in [0.2, 0.25) is 5.02 Å². The first kappa shape index (κ1) is 15.2. The molecule has 2 rings (SSSR count). The lowest BCUT2D eigenvalue weighted by molar-refractivity contribution is 0.0953. The molecule has 0 bridgehead atoms. The summed E-state index contributed by atoms with van der Waals surface area (Å²) in [5.41, 5.74) is 6.87. The highest BCUT2D eigenvalue weighted by Crippen LogP contribution is 2.29. The average Bonchev–Trinajstić information content (AvgIpc) is 2.49. The van der Waals surface area contributed by atoms with Gasteiger partial charge in [-0.2, -0.15) is 0 Å². The molecule has 0 radical (unpaired) electrons. The number of carbonyl (C=O) groups is 1. The molecule has 0 aliphatic carbocycles. The Labute approximate surface area is 128 Å². The zero-order chi connectivity index (χ0) is 15.2. The Morgan fingerprint density at radius 1 is 1.24 bits per heavy atom. The summed E-state index contributed by atoms with van der Waals surface area (Å²) in [7, 11) is 0. The summed E-state index contributed by atoms with van der Waals surface area (Å²) < 4.78 is 5.70. The Morgan fingerprint density at radius 2 is 1.95 bits per heavy atom. The summed E-state index contributed by atoms with van der Waals surface area (Å²) in [6, 6.07) is 11.9. The molecule has 0 aliphatic heterocycles. The molecule has 0 saturated heterocycles. The molecule has 0 fully saturated rings. The fourth-order valence-electron chi connectivity index (χ4n) is 1.73. The molecule has 1 amide bonds. The van der Waals surface area contributed by atoms with E-state index in [2.05, 4.69) is 5.32 Å². The maximum absolute atomic E-state index is 11.9. The van der Waals surface area contributed by atoms with Gasteiger partial charge in [0.2, 0.25) is 0 Å². The van der Waals surface area contributed by atoms with E-state index in [0.717, 1.165) is 6.42 Å². The first-order valence-corrected chi connectivity index (χ1v) is 7.09. The van der Waals surface area contributed by atoms with Crippen molar-refractivity contribution >= 4 is 23.2 Å². The van der Waals surface area contributed by atoms with Crippen LogP contribution in [0.15, 0.2) is 42.5 Å². The Hall–Kier alpha value is -2.20. The zero-order valence-corrected chi connectivity index (χ0v) is 12.5. The molecule has 0 aromatic heterocycles. The number of halogens is 1. The predicted molar refractivity (Wildman–Crippen MR) is 85.0 cm³/mol. The van der Waals surface area contributed by atoms with Gasteiger partial charge in [0.25, 0.3) is 5.91 Å². The maximum atomic E-state index is 11.9. The predicted octanol–water partition coefficient (Wildman–Crippen LogP) is 3.85. The van der Waals surface area contributed by atoms with E-state index in [1.807, 2.05) is 6.92 Å². The molecule has 0 atom stereocenters. The summed E-state index contributed by atoms with van der Waals surface area (Å²) in [5.74, 6) is 0.913. The van der Waals surface area contributed by atoms with Crippen LogP contribution in [0.5, 0.6) is 11.5 Å². The second-order valence-corrected chi connectivity index (χ2v) is 5.00. The molecule has 0 unspecified atom stereocenters. The van der Waals surface area contributed by atoms with E-state index in [9.17, 15) is 4.79 Å². The number of rotatable bonds is 5. The highest BCUT2D eigenvalue weighted by atomic mass is 35.5. The first-order valence-electron chi connectivity index (χ1n) is 6.71. The fraction of sp³-hybridized carbons (Fsp3) is 0.188. The molecule has 3 N–H and O–H groups in total. The van der Waals surface area contributed by atoms with Crippen LogP contribution in [0, 0.1) is 0 Å². The molecular weight excluding hydrogens is 288 g/mol. The van der Waals surface area contributed by atoms with Crippen LogP contribution in [-0.4, -0.2) is 12.5 Å². The third-order valence-corrected chi connectivity index (χ3v) is 3.10. The lowest BCUT2D eigenvalue weighted by Gasteiger charge is -2.10. The first-order chi connectivity index (χ1) is 10.1. The molecule has 2 aromatic carbocycles. The number of ether oxygens (including phenoxy) is 1. The van der Waals surface area contributed by atoms with E-state index < -0.39 is 0 Å². The largest absolute Gasteiger partial charge is 0.455 e. The average molecular weight is 305 g/mol. The Balaban J connectivity index is 2.19. The molecule has 5 heteroatoms. The van der Waals surface area contributed by atoms with Crippen LogP contribution in [0.3, 0.4) is 0 Å². The van der Waals surface area contributed by atoms with Crippen molar-refractivity contribution < 1.29 is 9.53 Å². The Kier molecular flexibility index (Phi) is 5.06. The van der Waals surface area contributed by atoms with Crippen LogP contribution in [0.25, 0.3) is 0 Å². The van der Waals surface area contributed by atoms with Gasteiger partial charge >= 0.3 is 0 Å². The number of anilines is 1. The highest BCUT2D eigenvalue weighted by molar-refractivity contribution is 6.30. The second-order valence-electron chi connectivity index (χ2n) is 4.56. The van der Waals surface area contributed by atoms with Crippen molar-refractivity contribution in [3.05, 3.63) is 53.1 Å². The summed E-state index contributed by atoms with van der Waals surface area (Å²) >= 11 is 5.83. The van der Waals surface area contributed by atoms with Crippen molar-refractivity contribution in [3.8, 4) is 11.5 Å². The van der Waals surface area contributed by atoms with Gasteiger partial charge in [0.1, 0.15) is 5.75 Å². The van der Waals surface area contributed by atoms with Crippen molar-refractivity contribution in [1.82, 2.24) is 5.32 Å². The van der Waals surface area contributed by atoms with E-state index in [-0.39, 0.29) is 5.91 Å². The number of nitrogen functional groups attached to an aromatic ring is 1. The van der Waals surface area contributed by atoms with Gasteiger partial charge in [0.15, 0.2) is 5.75 Å². The van der Waals surface area contributed by atoms with Crippen molar-refractivity contribution in [3.63, 3.8) is 0 Å². The molecule has 0 saturated carbocycles. The minimum absolute atomic E-state index is 0.141. The van der Waals surface area contributed by atoms with Crippen LogP contribution >= 0.6 is 11.6 Å². The summed E-state index contributed by atoms with van der Waals surface area (Å²) in [6.45, 7) is 2.63. The van der Waals surface area contributed by atoms with Gasteiger partial charge < -0.3 is 15.8 Å². The minimum Gasteiger partial charge on any atom is -0.455 e. The SMILES string of the molecule is CCCNC(=O)c1ccc(N)c(Oc2ccc(Cl)cc2)c1. The topological polar surface area (TPSA) is 64.4 Å². The number of nitrogens with one attached hydrogen (secondary N) is 1. The van der Waals surface area contributed by atoms with Gasteiger partial charge in [-0.05, 0) is 48.9 Å². The molecule has 21 heavy (non-hydrogen) atoms. The van der Waals surface area contributed by atoms with E-state index in [1.54, 1.807) is 42.5 Å². The summed E-state index contributed by atoms with van der Waals surface area (Å²) in [4.78, 5) is 11.9. The highest BCUT2D eigenvalue weighted by Gasteiger charge is 2.09. The molecule has 110 valence electrons. The van der Waals surface area contributed by atoms with Gasteiger partial charge in [-0.3, -0.25) is 4.79 Å². The third kappa shape index (κ3) is 4.13. The number of benzene rings is 2. The minimum atomic E-state index is -0.141. The van der Waals surface area contributed by atoms with Crippen LogP contribution in [0.4, 0.5) is 5.69 Å². The smallest absolute Gasteiger partial charge is 0.251 e. The van der Waals surface area contributed by atoms with Gasteiger partial charge in [-0.25, -0.2) is 0 Å². The quantitative estimate of drug-likeness (QED) is 0.825. The van der Waals surface area contributed by atoms with E-state index in [0.29, 0.717) is 34.3 Å². The summed E-state index contributed by atoms with van der Waals surface area (Å²) in [6.07, 6.45) is 0.884. The van der Waals surface area contributed by atoms with Crippen LogP contribution < -0.4 is 15.8 Å². The van der Waals surface area contributed by atoms with Gasteiger partial charge in [-0.15, -0.1) is 0 Å². The standard InChI is InChI=1S/C16H17ClN2O2/c1-2-9-19-16(20)11-3-8-14(18)15(10-11)21-13-6-4-12(17)5-7-13/h3-8,10H,2,9,18H2,1H3,(H,19,20).